The van der Waals surface area contributed by atoms with Gasteiger partial charge in [0.05, 0.1) is 5.69 Å². The number of hydrogen-bond donors (Lipinski definition) is 2. The fourth-order valence-corrected chi connectivity index (χ4v) is 1.39. The summed E-state index contributed by atoms with van der Waals surface area (Å²) in [6, 6.07) is 10.2. The van der Waals surface area contributed by atoms with Crippen molar-refractivity contribution >= 4 is 6.08 Å². The van der Waals surface area contributed by atoms with Gasteiger partial charge in [-0.2, -0.15) is 5.10 Å². The van der Waals surface area contributed by atoms with E-state index >= 15 is 0 Å². The van der Waals surface area contributed by atoms with Crippen molar-refractivity contribution in [2.45, 2.75) is 0 Å². The number of rotatable bonds is 3. The Balaban J connectivity index is 2.21. The van der Waals surface area contributed by atoms with Crippen molar-refractivity contribution in [2.75, 3.05) is 6.54 Å². The standard InChI is InChI=1S/C12H13N3/c13-8-1-2-10-3-5-11(6-4-10)12-7-9-14-15-12/h1-7,9H,8,13H2,(H,14,15). The lowest BCUT2D eigenvalue weighted by Crippen LogP contribution is -1.91. The van der Waals surface area contributed by atoms with Crippen LogP contribution in [0.15, 0.2) is 42.6 Å². The highest BCUT2D eigenvalue weighted by Crippen LogP contribution is 2.16. The van der Waals surface area contributed by atoms with E-state index in [2.05, 4.69) is 34.5 Å². The van der Waals surface area contributed by atoms with Crippen molar-refractivity contribution in [3.05, 3.63) is 48.2 Å². The molecule has 3 heteroatoms. The molecule has 15 heavy (non-hydrogen) atoms. The highest BCUT2D eigenvalue weighted by atomic mass is 15.1. The Morgan fingerprint density at radius 1 is 1.20 bits per heavy atom. The zero-order chi connectivity index (χ0) is 10.5. The van der Waals surface area contributed by atoms with Gasteiger partial charge in [0.15, 0.2) is 0 Å². The minimum Gasteiger partial charge on any atom is -0.327 e. The van der Waals surface area contributed by atoms with E-state index in [0.29, 0.717) is 6.54 Å². The molecule has 1 heterocycles. The van der Waals surface area contributed by atoms with Gasteiger partial charge in [-0.25, -0.2) is 0 Å². The van der Waals surface area contributed by atoms with Crippen LogP contribution in [0.25, 0.3) is 17.3 Å². The molecule has 2 rings (SSSR count). The van der Waals surface area contributed by atoms with Gasteiger partial charge in [-0.3, -0.25) is 5.10 Å². The molecule has 0 spiro atoms. The van der Waals surface area contributed by atoms with Crippen LogP contribution >= 0.6 is 0 Å². The Morgan fingerprint density at radius 2 is 2.00 bits per heavy atom. The average Bonchev–Trinajstić information content (AvgIpc) is 2.80. The number of nitrogens with one attached hydrogen (secondary N) is 1. The second kappa shape index (κ2) is 4.57. The predicted molar refractivity (Wildman–Crippen MR) is 62.1 cm³/mol. The molecule has 0 saturated carbocycles. The number of nitrogens with two attached hydrogens (primary N) is 1. The molecule has 0 aliphatic rings. The first-order valence-corrected chi connectivity index (χ1v) is 4.86. The number of aromatic nitrogens is 2. The van der Waals surface area contributed by atoms with Crippen molar-refractivity contribution in [2.24, 2.45) is 5.73 Å². The molecular formula is C12H13N3. The lowest BCUT2D eigenvalue weighted by atomic mass is 10.1. The largest absolute Gasteiger partial charge is 0.327 e. The van der Waals surface area contributed by atoms with Gasteiger partial charge in [-0.05, 0) is 17.2 Å². The van der Waals surface area contributed by atoms with E-state index in [4.69, 9.17) is 5.73 Å². The van der Waals surface area contributed by atoms with E-state index in [1.54, 1.807) is 6.20 Å². The molecule has 0 saturated heterocycles. The molecule has 0 bridgehead atoms. The van der Waals surface area contributed by atoms with Gasteiger partial charge in [-0.15, -0.1) is 0 Å². The first kappa shape index (κ1) is 9.68. The second-order valence-corrected chi connectivity index (χ2v) is 3.23. The monoisotopic (exact) mass is 199 g/mol. The zero-order valence-corrected chi connectivity index (χ0v) is 8.35. The van der Waals surface area contributed by atoms with Crippen LogP contribution in [0.1, 0.15) is 5.56 Å². The maximum absolute atomic E-state index is 5.38. The number of benzene rings is 1. The molecule has 0 aliphatic heterocycles. The lowest BCUT2D eigenvalue weighted by molar-refractivity contribution is 1.10. The number of hydrogen-bond acceptors (Lipinski definition) is 2. The van der Waals surface area contributed by atoms with Crippen LogP contribution in [0.2, 0.25) is 0 Å². The minimum absolute atomic E-state index is 0.572. The molecule has 1 aromatic carbocycles. The fraction of sp³-hybridized carbons (Fsp3) is 0.0833. The van der Waals surface area contributed by atoms with Crippen molar-refractivity contribution in [1.29, 1.82) is 0 Å². The summed E-state index contributed by atoms with van der Waals surface area (Å²) < 4.78 is 0. The number of aromatic amines is 1. The summed E-state index contributed by atoms with van der Waals surface area (Å²) in [6.45, 7) is 0.572. The van der Waals surface area contributed by atoms with E-state index in [9.17, 15) is 0 Å². The summed E-state index contributed by atoms with van der Waals surface area (Å²) in [5, 5.41) is 6.84. The molecule has 0 atom stereocenters. The first-order valence-electron chi connectivity index (χ1n) is 4.86. The molecule has 1 aromatic heterocycles. The van der Waals surface area contributed by atoms with Crippen molar-refractivity contribution < 1.29 is 0 Å². The molecule has 0 fully saturated rings. The quantitative estimate of drug-likeness (QED) is 0.794. The predicted octanol–water partition coefficient (Wildman–Crippen LogP) is 2.05. The van der Waals surface area contributed by atoms with Gasteiger partial charge in [-0.1, -0.05) is 36.4 Å². The summed E-state index contributed by atoms with van der Waals surface area (Å²) in [4.78, 5) is 0. The Hall–Kier alpha value is -1.87. The summed E-state index contributed by atoms with van der Waals surface area (Å²) in [5.41, 5.74) is 8.71. The highest BCUT2D eigenvalue weighted by molar-refractivity contribution is 5.61. The van der Waals surface area contributed by atoms with Gasteiger partial charge in [0.25, 0.3) is 0 Å². The van der Waals surface area contributed by atoms with Crippen LogP contribution < -0.4 is 5.73 Å². The van der Waals surface area contributed by atoms with Crippen LogP contribution in [-0.4, -0.2) is 16.7 Å². The van der Waals surface area contributed by atoms with Crippen molar-refractivity contribution in [3.8, 4) is 11.3 Å². The first-order chi connectivity index (χ1) is 7.40. The smallest absolute Gasteiger partial charge is 0.0650 e. The van der Waals surface area contributed by atoms with E-state index in [1.165, 1.54) is 0 Å². The zero-order valence-electron chi connectivity index (χ0n) is 8.35. The second-order valence-electron chi connectivity index (χ2n) is 3.23. The third-order valence-electron chi connectivity index (χ3n) is 2.17. The van der Waals surface area contributed by atoms with E-state index in [0.717, 1.165) is 16.8 Å². The molecule has 76 valence electrons. The SMILES string of the molecule is NCC=Cc1ccc(-c2ccn[nH]2)cc1. The number of nitrogens with zero attached hydrogens (tertiary/aromatic N) is 1. The summed E-state index contributed by atoms with van der Waals surface area (Å²) in [7, 11) is 0. The fourth-order valence-electron chi connectivity index (χ4n) is 1.39. The topological polar surface area (TPSA) is 54.7 Å². The summed E-state index contributed by atoms with van der Waals surface area (Å²) >= 11 is 0. The maximum Gasteiger partial charge on any atom is 0.0650 e. The van der Waals surface area contributed by atoms with Crippen LogP contribution in [-0.2, 0) is 0 Å². The molecule has 0 radical (unpaired) electrons. The van der Waals surface area contributed by atoms with Gasteiger partial charge in [0.1, 0.15) is 0 Å². The van der Waals surface area contributed by atoms with Crippen LogP contribution in [0.3, 0.4) is 0 Å². The van der Waals surface area contributed by atoms with Crippen LogP contribution in [0.4, 0.5) is 0 Å². The molecule has 0 amide bonds. The Morgan fingerprint density at radius 3 is 2.60 bits per heavy atom. The Bertz CT molecular complexity index is 426. The third kappa shape index (κ3) is 2.33. The van der Waals surface area contributed by atoms with Gasteiger partial charge >= 0.3 is 0 Å². The summed E-state index contributed by atoms with van der Waals surface area (Å²) in [6.07, 6.45) is 5.69. The Kier molecular flexibility index (Phi) is 2.95. The average molecular weight is 199 g/mol. The molecule has 3 nitrogen and oxygen atoms in total. The molecule has 0 unspecified atom stereocenters. The van der Waals surface area contributed by atoms with Gasteiger partial charge in [0.2, 0.25) is 0 Å². The third-order valence-corrected chi connectivity index (χ3v) is 2.17. The highest BCUT2D eigenvalue weighted by Gasteiger charge is 1.96. The van der Waals surface area contributed by atoms with Crippen molar-refractivity contribution in [3.63, 3.8) is 0 Å². The van der Waals surface area contributed by atoms with E-state index in [-0.39, 0.29) is 0 Å². The van der Waals surface area contributed by atoms with Crippen molar-refractivity contribution in [1.82, 2.24) is 10.2 Å². The molecular weight excluding hydrogens is 186 g/mol. The van der Waals surface area contributed by atoms with E-state index in [1.807, 2.05) is 18.2 Å². The van der Waals surface area contributed by atoms with Crippen LogP contribution in [0, 0.1) is 0 Å². The lowest BCUT2D eigenvalue weighted by Gasteiger charge is -1.98. The minimum atomic E-state index is 0.572. The van der Waals surface area contributed by atoms with E-state index < -0.39 is 0 Å². The van der Waals surface area contributed by atoms with Crippen LogP contribution in [0.5, 0.6) is 0 Å². The normalized spacial score (nSPS) is 11.0. The Labute approximate surface area is 88.6 Å². The number of H-pyrrole nitrogens is 1. The molecule has 0 aliphatic carbocycles. The summed E-state index contributed by atoms with van der Waals surface area (Å²) in [5.74, 6) is 0. The maximum atomic E-state index is 5.38. The van der Waals surface area contributed by atoms with Gasteiger partial charge < -0.3 is 5.73 Å². The molecule has 3 N–H and O–H groups in total. The van der Waals surface area contributed by atoms with Gasteiger partial charge in [0, 0.05) is 12.7 Å². The molecule has 2 aromatic rings.